The molecule has 2 saturated heterocycles. The van der Waals surface area contributed by atoms with E-state index in [-0.39, 0.29) is 17.3 Å². The van der Waals surface area contributed by atoms with E-state index < -0.39 is 7.12 Å². The molecule has 0 bridgehead atoms. The quantitative estimate of drug-likeness (QED) is 0.765. The van der Waals surface area contributed by atoms with Gasteiger partial charge in [-0.3, -0.25) is 0 Å². The number of ether oxygens (including phenoxy) is 2. The first-order chi connectivity index (χ1) is 10.3. The molecule has 2 aliphatic heterocycles. The molecule has 2 aliphatic rings. The summed E-state index contributed by atoms with van der Waals surface area (Å²) in [7, 11) is -0.419. The Bertz CT molecular complexity index is 544. The molecule has 120 valence electrons. The summed E-state index contributed by atoms with van der Waals surface area (Å²) in [6, 6.07) is 1.94. The Morgan fingerprint density at radius 2 is 1.95 bits per heavy atom. The van der Waals surface area contributed by atoms with Crippen LogP contribution in [0.15, 0.2) is 16.7 Å². The molecule has 1 unspecified atom stereocenters. The molecule has 5 nitrogen and oxygen atoms in total. The van der Waals surface area contributed by atoms with E-state index in [2.05, 4.69) is 20.9 Å². The van der Waals surface area contributed by atoms with E-state index in [1.165, 1.54) is 0 Å². The van der Waals surface area contributed by atoms with Gasteiger partial charge in [0.2, 0.25) is 5.88 Å². The Balaban J connectivity index is 1.75. The Labute approximate surface area is 140 Å². The minimum absolute atomic E-state index is 0.0755. The van der Waals surface area contributed by atoms with Gasteiger partial charge < -0.3 is 18.8 Å². The van der Waals surface area contributed by atoms with Crippen molar-refractivity contribution in [3.8, 4) is 5.88 Å². The van der Waals surface area contributed by atoms with Gasteiger partial charge in [0.15, 0.2) is 0 Å². The van der Waals surface area contributed by atoms with E-state index >= 15 is 0 Å². The minimum Gasteiger partial charge on any atom is -0.471 e. The third-order valence-corrected chi connectivity index (χ3v) is 5.09. The van der Waals surface area contributed by atoms with Crippen LogP contribution in [0.2, 0.25) is 0 Å². The molecule has 0 saturated carbocycles. The van der Waals surface area contributed by atoms with E-state index in [0.717, 1.165) is 23.0 Å². The second-order valence-corrected chi connectivity index (χ2v) is 7.60. The second-order valence-electron chi connectivity index (χ2n) is 6.75. The van der Waals surface area contributed by atoms with Crippen molar-refractivity contribution < 1.29 is 18.8 Å². The van der Waals surface area contributed by atoms with Crippen LogP contribution in [0.5, 0.6) is 5.88 Å². The zero-order chi connectivity index (χ0) is 16.0. The van der Waals surface area contributed by atoms with Crippen molar-refractivity contribution in [1.82, 2.24) is 4.98 Å². The van der Waals surface area contributed by atoms with E-state index in [1.54, 1.807) is 6.20 Å². The summed E-state index contributed by atoms with van der Waals surface area (Å²) in [5, 5.41) is 0. The largest absolute Gasteiger partial charge is 0.496 e. The Kier molecular flexibility index (Phi) is 4.27. The molecule has 0 N–H and O–H groups in total. The lowest BCUT2D eigenvalue weighted by Crippen LogP contribution is -2.41. The van der Waals surface area contributed by atoms with E-state index in [1.807, 2.05) is 33.8 Å². The smallest absolute Gasteiger partial charge is 0.471 e. The maximum Gasteiger partial charge on any atom is 0.496 e. The fourth-order valence-electron chi connectivity index (χ4n) is 2.40. The number of hydrogen-bond acceptors (Lipinski definition) is 5. The van der Waals surface area contributed by atoms with Crippen LogP contribution >= 0.6 is 15.9 Å². The number of halogens is 1. The summed E-state index contributed by atoms with van der Waals surface area (Å²) >= 11 is 3.52. The van der Waals surface area contributed by atoms with Gasteiger partial charge in [-0.05, 0) is 49.7 Å². The fraction of sp³-hybridized carbons (Fsp3) is 0.667. The molecule has 0 amide bonds. The molecule has 1 aromatic rings. The van der Waals surface area contributed by atoms with Gasteiger partial charge in [-0.1, -0.05) is 0 Å². The SMILES string of the molecule is CC1(C)OB(c2cnc(OC3CCOC3)c(Br)c2)OC1(C)C. The number of nitrogens with zero attached hydrogens (tertiary/aromatic N) is 1. The van der Waals surface area contributed by atoms with Crippen LogP contribution in [0.4, 0.5) is 0 Å². The van der Waals surface area contributed by atoms with Crippen molar-refractivity contribution in [2.75, 3.05) is 13.2 Å². The Hall–Kier alpha value is -0.625. The van der Waals surface area contributed by atoms with E-state index in [4.69, 9.17) is 18.8 Å². The molecule has 0 aromatic carbocycles. The van der Waals surface area contributed by atoms with E-state index in [0.29, 0.717) is 12.5 Å². The number of pyridine rings is 1. The van der Waals surface area contributed by atoms with Crippen molar-refractivity contribution in [1.29, 1.82) is 0 Å². The van der Waals surface area contributed by atoms with Gasteiger partial charge in [-0.15, -0.1) is 0 Å². The zero-order valence-corrected chi connectivity index (χ0v) is 15.0. The van der Waals surface area contributed by atoms with Crippen molar-refractivity contribution in [2.24, 2.45) is 0 Å². The molecule has 0 aliphatic carbocycles. The lowest BCUT2D eigenvalue weighted by Gasteiger charge is -2.32. The van der Waals surface area contributed by atoms with E-state index in [9.17, 15) is 0 Å². The summed E-state index contributed by atoms with van der Waals surface area (Å²) in [5.74, 6) is 0.579. The van der Waals surface area contributed by atoms with Gasteiger partial charge in [0.1, 0.15) is 6.10 Å². The Morgan fingerprint density at radius 1 is 1.27 bits per heavy atom. The van der Waals surface area contributed by atoms with Crippen LogP contribution in [0, 0.1) is 0 Å². The summed E-state index contributed by atoms with van der Waals surface area (Å²) in [6.07, 6.45) is 2.72. The molecular weight excluding hydrogens is 349 g/mol. The number of rotatable bonds is 3. The maximum atomic E-state index is 6.03. The Morgan fingerprint density at radius 3 is 2.50 bits per heavy atom. The summed E-state index contributed by atoms with van der Waals surface area (Å²) < 4.78 is 24.0. The normalized spacial score (nSPS) is 26.4. The highest BCUT2D eigenvalue weighted by molar-refractivity contribution is 9.10. The third-order valence-electron chi connectivity index (χ3n) is 4.52. The lowest BCUT2D eigenvalue weighted by atomic mass is 9.80. The molecule has 2 fully saturated rings. The first kappa shape index (κ1) is 16.2. The molecule has 0 radical (unpaired) electrons. The predicted octanol–water partition coefficient (Wildman–Crippen LogP) is 2.31. The van der Waals surface area contributed by atoms with Gasteiger partial charge >= 0.3 is 7.12 Å². The molecule has 1 atom stereocenters. The monoisotopic (exact) mass is 369 g/mol. The highest BCUT2D eigenvalue weighted by Crippen LogP contribution is 2.36. The average molecular weight is 370 g/mol. The van der Waals surface area contributed by atoms with Gasteiger partial charge in [0.25, 0.3) is 0 Å². The summed E-state index contributed by atoms with van der Waals surface area (Å²) in [5.41, 5.74) is 0.154. The first-order valence-electron chi connectivity index (χ1n) is 7.54. The van der Waals surface area contributed by atoms with Gasteiger partial charge in [0.05, 0.1) is 28.9 Å². The maximum absolute atomic E-state index is 6.03. The van der Waals surface area contributed by atoms with Crippen LogP contribution in [0.1, 0.15) is 34.1 Å². The highest BCUT2D eigenvalue weighted by Gasteiger charge is 2.51. The lowest BCUT2D eigenvalue weighted by molar-refractivity contribution is 0.00578. The third kappa shape index (κ3) is 3.04. The van der Waals surface area contributed by atoms with Gasteiger partial charge in [-0.25, -0.2) is 4.98 Å². The zero-order valence-electron chi connectivity index (χ0n) is 13.4. The van der Waals surface area contributed by atoms with Crippen molar-refractivity contribution in [3.05, 3.63) is 16.7 Å². The molecular formula is C15H21BBrNO4. The van der Waals surface area contributed by atoms with Crippen molar-refractivity contribution in [3.63, 3.8) is 0 Å². The molecule has 7 heteroatoms. The summed E-state index contributed by atoms with van der Waals surface area (Å²) in [4.78, 5) is 4.40. The topological polar surface area (TPSA) is 49.8 Å². The molecule has 3 rings (SSSR count). The molecule has 3 heterocycles. The highest BCUT2D eigenvalue weighted by atomic mass is 79.9. The van der Waals surface area contributed by atoms with Crippen molar-refractivity contribution in [2.45, 2.75) is 51.4 Å². The first-order valence-corrected chi connectivity index (χ1v) is 8.33. The standard InChI is InChI=1S/C15H21BBrNO4/c1-14(2)15(3,4)22-16(21-14)10-7-12(17)13(18-8-10)20-11-5-6-19-9-11/h7-8,11H,5-6,9H2,1-4H3. The van der Waals surface area contributed by atoms with Gasteiger partial charge in [0, 0.05) is 18.1 Å². The molecule has 0 spiro atoms. The average Bonchev–Trinajstić information content (AvgIpc) is 2.99. The van der Waals surface area contributed by atoms with Crippen LogP contribution in [-0.4, -0.2) is 42.6 Å². The van der Waals surface area contributed by atoms with Crippen LogP contribution in [0.25, 0.3) is 0 Å². The molecule has 1 aromatic heterocycles. The number of aromatic nitrogens is 1. The summed E-state index contributed by atoms with van der Waals surface area (Å²) in [6.45, 7) is 9.50. The van der Waals surface area contributed by atoms with Crippen LogP contribution < -0.4 is 10.2 Å². The van der Waals surface area contributed by atoms with Crippen LogP contribution in [0.3, 0.4) is 0 Å². The number of hydrogen-bond donors (Lipinski definition) is 0. The fourth-order valence-corrected chi connectivity index (χ4v) is 2.86. The second kappa shape index (κ2) is 5.78. The minimum atomic E-state index is -0.419. The predicted molar refractivity (Wildman–Crippen MR) is 87.5 cm³/mol. The van der Waals surface area contributed by atoms with Gasteiger partial charge in [-0.2, -0.15) is 0 Å². The molecule has 22 heavy (non-hydrogen) atoms. The van der Waals surface area contributed by atoms with Crippen LogP contribution in [-0.2, 0) is 14.0 Å². The van der Waals surface area contributed by atoms with Crippen molar-refractivity contribution >= 4 is 28.5 Å².